The number of fused-ring (bicyclic) bond motifs is 3. The van der Waals surface area contributed by atoms with Gasteiger partial charge in [-0.2, -0.15) is 0 Å². The Labute approximate surface area is 197 Å². The maximum absolute atomic E-state index is 14.4. The van der Waals surface area contributed by atoms with E-state index in [4.69, 9.17) is 6.42 Å². The number of rotatable bonds is 5. The highest BCUT2D eigenvalue weighted by Crippen LogP contribution is 2.31. The van der Waals surface area contributed by atoms with E-state index in [1.807, 2.05) is 12.1 Å². The largest absolute Gasteiger partial charge is 0.353 e. The van der Waals surface area contributed by atoms with Crippen molar-refractivity contribution in [3.05, 3.63) is 70.9 Å². The number of benzene rings is 2. The smallest absolute Gasteiger partial charge is 0.141 e. The number of alkyl halides is 1. The Kier molecular flexibility index (Phi) is 5.84. The first kappa shape index (κ1) is 22.2. The quantitative estimate of drug-likeness (QED) is 0.451. The van der Waals surface area contributed by atoms with Gasteiger partial charge in [-0.3, -0.25) is 4.99 Å². The molecule has 172 valence electrons. The minimum atomic E-state index is -0.732. The molecule has 2 fully saturated rings. The number of nitrogens with zero attached hydrogens (tertiary/aromatic N) is 4. The lowest BCUT2D eigenvalue weighted by Crippen LogP contribution is -2.51. The van der Waals surface area contributed by atoms with Crippen LogP contribution in [0.4, 0.5) is 14.6 Å². The molecular formula is C27H25F2N5. The van der Waals surface area contributed by atoms with Crippen LogP contribution in [0.2, 0.25) is 0 Å². The van der Waals surface area contributed by atoms with Crippen molar-refractivity contribution in [2.75, 3.05) is 18.0 Å². The normalized spacial score (nSPS) is 19.6. The van der Waals surface area contributed by atoms with Crippen molar-refractivity contribution in [2.45, 2.75) is 38.5 Å². The van der Waals surface area contributed by atoms with Gasteiger partial charge in [-0.05, 0) is 31.2 Å². The highest BCUT2D eigenvalue weighted by molar-refractivity contribution is 5.99. The first-order chi connectivity index (χ1) is 16.5. The van der Waals surface area contributed by atoms with Crippen LogP contribution in [0.15, 0.2) is 41.9 Å². The second-order valence-corrected chi connectivity index (χ2v) is 8.81. The third-order valence-electron chi connectivity index (χ3n) is 6.56. The monoisotopic (exact) mass is 457 g/mol. The summed E-state index contributed by atoms with van der Waals surface area (Å²) in [6.07, 6.45) is 9.42. The van der Waals surface area contributed by atoms with Gasteiger partial charge >= 0.3 is 0 Å². The Hall–Kier alpha value is -3.63. The van der Waals surface area contributed by atoms with Gasteiger partial charge in [-0.25, -0.2) is 18.7 Å². The van der Waals surface area contributed by atoms with Gasteiger partial charge in [0.2, 0.25) is 0 Å². The number of halogens is 2. The summed E-state index contributed by atoms with van der Waals surface area (Å²) in [4.78, 5) is 15.7. The number of aromatic nitrogens is 2. The van der Waals surface area contributed by atoms with Crippen molar-refractivity contribution in [3.8, 4) is 12.3 Å². The molecule has 5 rings (SSSR count). The van der Waals surface area contributed by atoms with E-state index in [0.717, 1.165) is 31.3 Å². The van der Waals surface area contributed by atoms with Gasteiger partial charge in [0, 0.05) is 42.3 Å². The topological polar surface area (TPSA) is 53.4 Å². The van der Waals surface area contributed by atoms with Crippen LogP contribution in [0.5, 0.6) is 0 Å². The molecule has 3 aromatic rings. The lowest BCUT2D eigenvalue weighted by Gasteiger charge is -2.34. The van der Waals surface area contributed by atoms with Crippen molar-refractivity contribution in [3.63, 3.8) is 0 Å². The molecule has 2 unspecified atom stereocenters. The van der Waals surface area contributed by atoms with Crippen LogP contribution in [0, 0.1) is 25.1 Å². The zero-order valence-corrected chi connectivity index (χ0v) is 19.0. The molecule has 0 saturated carbocycles. The fraction of sp³-hybridized carbons (Fsp3) is 0.296. The molecule has 2 aliphatic rings. The van der Waals surface area contributed by atoms with Crippen LogP contribution in [0.3, 0.4) is 0 Å². The molecule has 2 aliphatic heterocycles. The number of aliphatic imine (C=N–C) groups is 1. The highest BCUT2D eigenvalue weighted by atomic mass is 19.1. The molecule has 7 heteroatoms. The van der Waals surface area contributed by atoms with Gasteiger partial charge in [0.25, 0.3) is 0 Å². The number of anilines is 1. The first-order valence-electron chi connectivity index (χ1n) is 11.3. The summed E-state index contributed by atoms with van der Waals surface area (Å²) in [6, 6.07) is 9.35. The molecule has 2 bridgehead atoms. The molecule has 0 spiro atoms. The molecule has 2 atom stereocenters. The molecule has 1 N–H and O–H groups in total. The fourth-order valence-electron chi connectivity index (χ4n) is 5.02. The van der Waals surface area contributed by atoms with Crippen molar-refractivity contribution in [2.24, 2.45) is 4.99 Å². The number of terminal acetylenes is 1. The fourth-order valence-corrected chi connectivity index (χ4v) is 5.02. The zero-order chi connectivity index (χ0) is 23.8. The van der Waals surface area contributed by atoms with E-state index >= 15 is 0 Å². The summed E-state index contributed by atoms with van der Waals surface area (Å²) in [6.45, 7) is 6.73. The minimum absolute atomic E-state index is 0.171. The minimum Gasteiger partial charge on any atom is -0.353 e. The molecule has 0 radical (unpaired) electrons. The summed E-state index contributed by atoms with van der Waals surface area (Å²) in [7, 11) is 0. The van der Waals surface area contributed by atoms with Gasteiger partial charge in [-0.15, -0.1) is 6.42 Å². The summed E-state index contributed by atoms with van der Waals surface area (Å²) in [5.41, 5.74) is 2.02. The molecule has 2 aromatic carbocycles. The van der Waals surface area contributed by atoms with Crippen molar-refractivity contribution in [1.82, 2.24) is 15.3 Å². The second kappa shape index (κ2) is 8.96. The van der Waals surface area contributed by atoms with Gasteiger partial charge in [0.15, 0.2) is 0 Å². The van der Waals surface area contributed by atoms with E-state index in [9.17, 15) is 8.78 Å². The number of piperazine rings is 1. The SMILES string of the molecule is C#Cc1c(F)ccc2cccc(C(=C)N=Cc3c(CF)nc(C)nc3N3CC4CCC(C3)N4)c12. The summed E-state index contributed by atoms with van der Waals surface area (Å²) in [5, 5.41) is 4.98. The molecule has 34 heavy (non-hydrogen) atoms. The molecule has 5 nitrogen and oxygen atoms in total. The van der Waals surface area contributed by atoms with Crippen LogP contribution in [-0.2, 0) is 6.67 Å². The second-order valence-electron chi connectivity index (χ2n) is 8.81. The molecule has 2 saturated heterocycles. The maximum Gasteiger partial charge on any atom is 0.141 e. The molecule has 0 aliphatic carbocycles. The van der Waals surface area contributed by atoms with Crippen LogP contribution < -0.4 is 10.2 Å². The highest BCUT2D eigenvalue weighted by Gasteiger charge is 2.34. The van der Waals surface area contributed by atoms with E-state index in [1.54, 1.807) is 25.3 Å². The predicted molar refractivity (Wildman–Crippen MR) is 132 cm³/mol. The van der Waals surface area contributed by atoms with E-state index in [2.05, 4.69) is 37.7 Å². The van der Waals surface area contributed by atoms with E-state index < -0.39 is 12.5 Å². The molecule has 3 heterocycles. The van der Waals surface area contributed by atoms with Gasteiger partial charge < -0.3 is 10.2 Å². The maximum atomic E-state index is 14.4. The average Bonchev–Trinajstić information content (AvgIpc) is 3.19. The van der Waals surface area contributed by atoms with Gasteiger partial charge in [0.1, 0.15) is 24.1 Å². The lowest BCUT2D eigenvalue weighted by molar-refractivity contribution is 0.459. The van der Waals surface area contributed by atoms with Crippen LogP contribution >= 0.6 is 0 Å². The third kappa shape index (κ3) is 3.95. The van der Waals surface area contributed by atoms with Crippen molar-refractivity contribution < 1.29 is 8.78 Å². The van der Waals surface area contributed by atoms with Gasteiger partial charge in [-0.1, -0.05) is 36.8 Å². The van der Waals surface area contributed by atoms with Crippen molar-refractivity contribution in [1.29, 1.82) is 0 Å². The van der Waals surface area contributed by atoms with Crippen LogP contribution in [0.1, 0.15) is 41.1 Å². The third-order valence-corrected chi connectivity index (χ3v) is 6.56. The summed E-state index contributed by atoms with van der Waals surface area (Å²) >= 11 is 0. The summed E-state index contributed by atoms with van der Waals surface area (Å²) in [5.74, 6) is 3.18. The predicted octanol–water partition coefficient (Wildman–Crippen LogP) is 4.56. The zero-order valence-electron chi connectivity index (χ0n) is 19.0. The molecule has 1 aromatic heterocycles. The number of hydrogen-bond acceptors (Lipinski definition) is 5. The number of hydrogen-bond donors (Lipinski definition) is 1. The Balaban J connectivity index is 1.56. The number of nitrogens with one attached hydrogen (secondary N) is 1. The average molecular weight is 458 g/mol. The Morgan fingerprint density at radius 3 is 2.74 bits per heavy atom. The number of aryl methyl sites for hydroxylation is 1. The van der Waals surface area contributed by atoms with E-state index in [-0.39, 0.29) is 5.56 Å². The Morgan fingerprint density at radius 2 is 2.03 bits per heavy atom. The standard InChI is InChI=1S/C27H25F2N5/c1-4-21-24(29)11-8-18-6-5-7-22(26(18)21)16(2)30-13-23-25(12-28)31-17(3)32-27(23)34-14-19-9-10-20(15-34)33-19/h1,5-8,11,13,19-20,33H,2,9-10,12,14-15H2,3H3. The summed E-state index contributed by atoms with van der Waals surface area (Å²) < 4.78 is 28.4. The van der Waals surface area contributed by atoms with Gasteiger partial charge in [0.05, 0.1) is 22.5 Å². The van der Waals surface area contributed by atoms with E-state index in [0.29, 0.717) is 51.6 Å². The van der Waals surface area contributed by atoms with Crippen LogP contribution in [0.25, 0.3) is 16.5 Å². The molecular weight excluding hydrogens is 432 g/mol. The lowest BCUT2D eigenvalue weighted by atomic mass is 9.97. The Morgan fingerprint density at radius 1 is 1.26 bits per heavy atom. The van der Waals surface area contributed by atoms with E-state index in [1.165, 1.54) is 6.07 Å². The Bertz CT molecular complexity index is 1350. The molecule has 0 amide bonds. The first-order valence-corrected chi connectivity index (χ1v) is 11.3. The van der Waals surface area contributed by atoms with Crippen molar-refractivity contribution >= 4 is 28.5 Å². The van der Waals surface area contributed by atoms with Crippen LogP contribution in [-0.4, -0.2) is 41.4 Å².